The van der Waals surface area contributed by atoms with Crippen LogP contribution in [-0.4, -0.2) is 10.5 Å². The second kappa shape index (κ2) is 7.53. The Morgan fingerprint density at radius 1 is 1.18 bits per heavy atom. The molecular formula is C18H25NOS2. The number of aryl methyl sites for hydroxylation is 2. The summed E-state index contributed by atoms with van der Waals surface area (Å²) in [5.41, 5.74) is 2.65. The summed E-state index contributed by atoms with van der Waals surface area (Å²) in [5.74, 6) is 0.537. The van der Waals surface area contributed by atoms with E-state index in [1.54, 1.807) is 6.26 Å². The summed E-state index contributed by atoms with van der Waals surface area (Å²) in [6, 6.07) is 10.7. The molecule has 1 aromatic heterocycles. The monoisotopic (exact) mass is 335 g/mol. The standard InChI is InChI=1S/C18H25NOS2/c1-12(2)18(17-10-13(3)21-14(17)4)19-11-15-6-8-16(9-7-15)22(5)20/h6-10,12,18-19H,11H2,1-5H3/t18-,22-/m1/s1. The second-order valence-corrected chi connectivity index (χ2v) is 8.91. The second-order valence-electron chi connectivity index (χ2n) is 6.07. The van der Waals surface area contributed by atoms with Crippen LogP contribution >= 0.6 is 11.3 Å². The maximum atomic E-state index is 11.4. The van der Waals surface area contributed by atoms with Crippen molar-refractivity contribution in [3.8, 4) is 0 Å². The topological polar surface area (TPSA) is 29.1 Å². The lowest BCUT2D eigenvalue weighted by Crippen LogP contribution is -2.25. The summed E-state index contributed by atoms with van der Waals surface area (Å²) in [4.78, 5) is 3.66. The van der Waals surface area contributed by atoms with E-state index >= 15 is 0 Å². The van der Waals surface area contributed by atoms with Crippen molar-refractivity contribution in [1.82, 2.24) is 5.32 Å². The van der Waals surface area contributed by atoms with Gasteiger partial charge in [-0.05, 0) is 49.1 Å². The minimum absolute atomic E-state index is 0.366. The van der Waals surface area contributed by atoms with Gasteiger partial charge in [-0.1, -0.05) is 26.0 Å². The lowest BCUT2D eigenvalue weighted by Gasteiger charge is -2.23. The van der Waals surface area contributed by atoms with Gasteiger partial charge in [0.2, 0.25) is 0 Å². The van der Waals surface area contributed by atoms with Gasteiger partial charge >= 0.3 is 0 Å². The van der Waals surface area contributed by atoms with Crippen molar-refractivity contribution in [2.75, 3.05) is 6.26 Å². The lowest BCUT2D eigenvalue weighted by atomic mass is 9.96. The van der Waals surface area contributed by atoms with Gasteiger partial charge in [-0.25, -0.2) is 0 Å². The average Bonchev–Trinajstić information content (AvgIpc) is 2.78. The van der Waals surface area contributed by atoms with Gasteiger partial charge in [-0.3, -0.25) is 4.21 Å². The van der Waals surface area contributed by atoms with E-state index in [2.05, 4.69) is 51.2 Å². The van der Waals surface area contributed by atoms with E-state index in [1.807, 2.05) is 23.5 Å². The van der Waals surface area contributed by atoms with Gasteiger partial charge in [0.25, 0.3) is 0 Å². The molecule has 0 bridgehead atoms. The van der Waals surface area contributed by atoms with E-state index in [0.717, 1.165) is 11.4 Å². The molecule has 2 atom stereocenters. The first-order valence-electron chi connectivity index (χ1n) is 7.61. The van der Waals surface area contributed by atoms with Crippen LogP contribution < -0.4 is 5.32 Å². The first-order chi connectivity index (χ1) is 10.4. The first kappa shape index (κ1) is 17.4. The molecule has 0 spiro atoms. The Morgan fingerprint density at radius 2 is 1.82 bits per heavy atom. The fourth-order valence-corrected chi connectivity index (χ4v) is 4.18. The molecule has 0 aliphatic rings. The highest BCUT2D eigenvalue weighted by Gasteiger charge is 2.19. The highest BCUT2D eigenvalue weighted by Crippen LogP contribution is 2.30. The minimum Gasteiger partial charge on any atom is -0.306 e. The van der Waals surface area contributed by atoms with Gasteiger partial charge in [0.05, 0.1) is 0 Å². The first-order valence-corrected chi connectivity index (χ1v) is 9.98. The van der Waals surface area contributed by atoms with Crippen LogP contribution in [0.3, 0.4) is 0 Å². The molecule has 22 heavy (non-hydrogen) atoms. The molecule has 2 aromatic rings. The van der Waals surface area contributed by atoms with E-state index in [4.69, 9.17) is 0 Å². The number of benzene rings is 1. The summed E-state index contributed by atoms with van der Waals surface area (Å²) in [7, 11) is -0.906. The summed E-state index contributed by atoms with van der Waals surface area (Å²) in [5, 5.41) is 3.69. The smallest absolute Gasteiger partial charge is 0.0498 e. The van der Waals surface area contributed by atoms with E-state index in [0.29, 0.717) is 12.0 Å². The van der Waals surface area contributed by atoms with E-state index in [9.17, 15) is 4.21 Å². The molecule has 2 rings (SSSR count). The number of thiophene rings is 1. The number of nitrogens with one attached hydrogen (secondary N) is 1. The van der Waals surface area contributed by atoms with E-state index in [1.165, 1.54) is 20.9 Å². The molecule has 0 aliphatic heterocycles. The lowest BCUT2D eigenvalue weighted by molar-refractivity contribution is 0.410. The summed E-state index contributed by atoms with van der Waals surface area (Å²) in [6.45, 7) is 9.71. The molecular weight excluding hydrogens is 310 g/mol. The van der Waals surface area contributed by atoms with Gasteiger partial charge in [-0.15, -0.1) is 11.3 Å². The van der Waals surface area contributed by atoms with Crippen LogP contribution in [0.5, 0.6) is 0 Å². The normalized spacial score (nSPS) is 14.3. The SMILES string of the molecule is Cc1cc([C@H](NCc2ccc([S@@](C)=O)cc2)C(C)C)c(C)s1. The molecule has 1 N–H and O–H groups in total. The zero-order chi connectivity index (χ0) is 16.3. The van der Waals surface area contributed by atoms with Crippen LogP contribution in [-0.2, 0) is 17.3 Å². The maximum Gasteiger partial charge on any atom is 0.0498 e. The van der Waals surface area contributed by atoms with Crippen molar-refractivity contribution in [3.05, 3.63) is 51.2 Å². The molecule has 0 amide bonds. The number of hydrogen-bond donors (Lipinski definition) is 1. The van der Waals surface area contributed by atoms with Gasteiger partial charge in [0, 0.05) is 44.3 Å². The van der Waals surface area contributed by atoms with Gasteiger partial charge < -0.3 is 5.32 Å². The van der Waals surface area contributed by atoms with Crippen LogP contribution in [0.4, 0.5) is 0 Å². The van der Waals surface area contributed by atoms with Crippen molar-refractivity contribution < 1.29 is 4.21 Å². The molecule has 0 radical (unpaired) electrons. The molecule has 4 heteroatoms. The zero-order valence-corrected chi connectivity index (χ0v) is 15.6. The summed E-state index contributed by atoms with van der Waals surface area (Å²) in [6.07, 6.45) is 1.71. The molecule has 0 saturated carbocycles. The number of rotatable bonds is 6. The maximum absolute atomic E-state index is 11.4. The molecule has 2 nitrogen and oxygen atoms in total. The van der Waals surface area contributed by atoms with Crippen LogP contribution in [0.15, 0.2) is 35.2 Å². The molecule has 0 aliphatic carbocycles. The van der Waals surface area contributed by atoms with Crippen molar-refractivity contribution in [1.29, 1.82) is 0 Å². The quantitative estimate of drug-likeness (QED) is 0.836. The highest BCUT2D eigenvalue weighted by atomic mass is 32.2. The predicted octanol–water partition coefficient (Wildman–Crippen LogP) is 4.59. The third kappa shape index (κ3) is 4.28. The molecule has 1 heterocycles. The highest BCUT2D eigenvalue weighted by molar-refractivity contribution is 7.84. The number of hydrogen-bond acceptors (Lipinski definition) is 3. The summed E-state index contributed by atoms with van der Waals surface area (Å²) < 4.78 is 11.4. The van der Waals surface area contributed by atoms with Crippen LogP contribution in [0.2, 0.25) is 0 Å². The Balaban J connectivity index is 2.09. The van der Waals surface area contributed by atoms with Crippen molar-refractivity contribution in [3.63, 3.8) is 0 Å². The zero-order valence-electron chi connectivity index (χ0n) is 14.0. The van der Waals surface area contributed by atoms with Gasteiger partial charge in [0.1, 0.15) is 0 Å². The fourth-order valence-electron chi connectivity index (χ4n) is 2.69. The van der Waals surface area contributed by atoms with E-state index < -0.39 is 10.8 Å². The van der Waals surface area contributed by atoms with Crippen molar-refractivity contribution in [2.24, 2.45) is 5.92 Å². The molecule has 120 valence electrons. The van der Waals surface area contributed by atoms with Crippen molar-refractivity contribution in [2.45, 2.75) is 45.2 Å². The van der Waals surface area contributed by atoms with Crippen LogP contribution in [0.25, 0.3) is 0 Å². The molecule has 0 fully saturated rings. The van der Waals surface area contributed by atoms with Gasteiger partial charge in [0.15, 0.2) is 0 Å². The Hall–Kier alpha value is -0.970. The summed E-state index contributed by atoms with van der Waals surface area (Å²) >= 11 is 1.87. The average molecular weight is 336 g/mol. The van der Waals surface area contributed by atoms with Gasteiger partial charge in [-0.2, -0.15) is 0 Å². The Morgan fingerprint density at radius 3 is 2.27 bits per heavy atom. The fraction of sp³-hybridized carbons (Fsp3) is 0.444. The predicted molar refractivity (Wildman–Crippen MR) is 97.0 cm³/mol. The molecule has 1 aromatic carbocycles. The third-order valence-corrected chi connectivity index (χ3v) is 5.78. The Bertz CT molecular complexity index is 644. The minimum atomic E-state index is -0.906. The van der Waals surface area contributed by atoms with Crippen molar-refractivity contribution >= 4 is 22.1 Å². The molecule has 0 saturated heterocycles. The van der Waals surface area contributed by atoms with Crippen LogP contribution in [0, 0.1) is 19.8 Å². The van der Waals surface area contributed by atoms with Crippen LogP contribution in [0.1, 0.15) is 40.8 Å². The molecule has 0 unspecified atom stereocenters. The largest absolute Gasteiger partial charge is 0.306 e. The Kier molecular flexibility index (Phi) is 5.95. The van der Waals surface area contributed by atoms with E-state index in [-0.39, 0.29) is 0 Å². The Labute approximate surface area is 140 Å². The third-order valence-electron chi connectivity index (χ3n) is 3.86.